The molecule has 2 rings (SSSR count). The summed E-state index contributed by atoms with van der Waals surface area (Å²) in [4.78, 5) is 9.00. The molecule has 0 saturated carbocycles. The van der Waals surface area contributed by atoms with Crippen LogP contribution >= 0.6 is 0 Å². The average Bonchev–Trinajstić information content (AvgIpc) is 2.96. The van der Waals surface area contributed by atoms with E-state index in [4.69, 9.17) is 4.74 Å². The molecule has 1 atom stereocenters. The number of anilines is 2. The number of rotatable bonds is 7. The van der Waals surface area contributed by atoms with Crippen molar-refractivity contribution in [3.05, 3.63) is 11.9 Å². The van der Waals surface area contributed by atoms with Crippen molar-refractivity contribution in [1.82, 2.24) is 9.97 Å². The van der Waals surface area contributed by atoms with Crippen LogP contribution in [0.2, 0.25) is 0 Å². The van der Waals surface area contributed by atoms with Crippen molar-refractivity contribution in [3.63, 3.8) is 0 Å². The Balaban J connectivity index is 1.96. The van der Waals surface area contributed by atoms with Gasteiger partial charge in [0.05, 0.1) is 6.61 Å². The molecular formula is C14H24N4O. The van der Waals surface area contributed by atoms with Crippen LogP contribution in [-0.4, -0.2) is 36.3 Å². The molecule has 1 aromatic heterocycles. The van der Waals surface area contributed by atoms with Crippen LogP contribution in [0.5, 0.6) is 0 Å². The molecule has 0 radical (unpaired) electrons. The zero-order valence-corrected chi connectivity index (χ0v) is 11.9. The third kappa shape index (κ3) is 4.35. The first-order valence-electron chi connectivity index (χ1n) is 7.25. The van der Waals surface area contributed by atoms with E-state index in [9.17, 15) is 0 Å². The second kappa shape index (κ2) is 7.28. The molecule has 19 heavy (non-hydrogen) atoms. The van der Waals surface area contributed by atoms with Crippen LogP contribution in [-0.2, 0) is 11.2 Å². The van der Waals surface area contributed by atoms with Gasteiger partial charge in [-0.2, -0.15) is 0 Å². The molecule has 5 nitrogen and oxygen atoms in total. The molecule has 106 valence electrons. The van der Waals surface area contributed by atoms with Gasteiger partial charge in [-0.05, 0) is 12.8 Å². The van der Waals surface area contributed by atoms with Crippen molar-refractivity contribution >= 4 is 11.6 Å². The fraction of sp³-hybridized carbons (Fsp3) is 0.714. The molecule has 2 N–H and O–H groups in total. The number of ether oxygens (including phenoxy) is 1. The van der Waals surface area contributed by atoms with E-state index >= 15 is 0 Å². The van der Waals surface area contributed by atoms with Gasteiger partial charge in [-0.1, -0.05) is 13.8 Å². The normalized spacial score (nSPS) is 18.5. The number of hydrogen-bond donors (Lipinski definition) is 2. The van der Waals surface area contributed by atoms with Gasteiger partial charge >= 0.3 is 0 Å². The highest BCUT2D eigenvalue weighted by molar-refractivity contribution is 5.47. The molecule has 1 fully saturated rings. The molecule has 2 heterocycles. The maximum atomic E-state index is 5.38. The molecule has 1 aliphatic heterocycles. The molecule has 1 saturated heterocycles. The fourth-order valence-corrected chi connectivity index (χ4v) is 2.08. The van der Waals surface area contributed by atoms with E-state index in [-0.39, 0.29) is 0 Å². The van der Waals surface area contributed by atoms with Crippen molar-refractivity contribution in [3.8, 4) is 0 Å². The van der Waals surface area contributed by atoms with E-state index in [0.717, 1.165) is 63.0 Å². The van der Waals surface area contributed by atoms with Gasteiger partial charge in [0.15, 0.2) is 0 Å². The van der Waals surface area contributed by atoms with Gasteiger partial charge in [-0.15, -0.1) is 0 Å². The average molecular weight is 264 g/mol. The largest absolute Gasteiger partial charge is 0.381 e. The molecule has 0 amide bonds. The van der Waals surface area contributed by atoms with Crippen molar-refractivity contribution in [1.29, 1.82) is 0 Å². The predicted molar refractivity (Wildman–Crippen MR) is 77.6 cm³/mol. The van der Waals surface area contributed by atoms with Crippen molar-refractivity contribution < 1.29 is 4.74 Å². The maximum Gasteiger partial charge on any atom is 0.132 e. The standard InChI is InChI=1S/C14H24N4O/c1-3-6-15-13-8-14(18-12(4-2)17-13)16-9-11-5-7-19-10-11/h8,11H,3-7,9-10H2,1-2H3,(H2,15,16,17,18). The van der Waals surface area contributed by atoms with Gasteiger partial charge in [0, 0.05) is 38.1 Å². The van der Waals surface area contributed by atoms with Gasteiger partial charge < -0.3 is 15.4 Å². The fourth-order valence-electron chi connectivity index (χ4n) is 2.08. The van der Waals surface area contributed by atoms with Crippen LogP contribution in [0.1, 0.15) is 32.5 Å². The van der Waals surface area contributed by atoms with Crippen molar-refractivity contribution in [2.24, 2.45) is 5.92 Å². The van der Waals surface area contributed by atoms with E-state index < -0.39 is 0 Å². The Labute approximate surface area is 115 Å². The highest BCUT2D eigenvalue weighted by Gasteiger charge is 2.15. The Hall–Kier alpha value is -1.36. The smallest absolute Gasteiger partial charge is 0.132 e. The van der Waals surface area contributed by atoms with Crippen LogP contribution in [0.4, 0.5) is 11.6 Å². The Kier molecular flexibility index (Phi) is 5.39. The summed E-state index contributed by atoms with van der Waals surface area (Å²) in [6.45, 7) is 7.84. The second-order valence-corrected chi connectivity index (χ2v) is 4.95. The molecule has 1 unspecified atom stereocenters. The van der Waals surface area contributed by atoms with E-state index in [1.54, 1.807) is 0 Å². The first-order chi connectivity index (χ1) is 9.31. The Morgan fingerprint density at radius 3 is 2.68 bits per heavy atom. The molecule has 0 aliphatic carbocycles. The minimum atomic E-state index is 0.604. The van der Waals surface area contributed by atoms with E-state index in [1.165, 1.54) is 0 Å². The van der Waals surface area contributed by atoms with Crippen LogP contribution in [0, 0.1) is 5.92 Å². The molecular weight excluding hydrogens is 240 g/mol. The number of aromatic nitrogens is 2. The van der Waals surface area contributed by atoms with Gasteiger partial charge in [0.2, 0.25) is 0 Å². The molecule has 5 heteroatoms. The number of hydrogen-bond acceptors (Lipinski definition) is 5. The number of nitrogens with one attached hydrogen (secondary N) is 2. The van der Waals surface area contributed by atoms with Gasteiger partial charge in [-0.25, -0.2) is 9.97 Å². The highest BCUT2D eigenvalue weighted by Crippen LogP contribution is 2.16. The summed E-state index contributed by atoms with van der Waals surface area (Å²) in [5.41, 5.74) is 0. The molecule has 0 bridgehead atoms. The SMILES string of the molecule is CCCNc1cc(NCC2CCOC2)nc(CC)n1. The first-order valence-corrected chi connectivity index (χ1v) is 7.25. The summed E-state index contributed by atoms with van der Waals surface area (Å²) in [7, 11) is 0. The lowest BCUT2D eigenvalue weighted by Crippen LogP contribution is -2.16. The van der Waals surface area contributed by atoms with Gasteiger partial charge in [-0.3, -0.25) is 0 Å². The zero-order chi connectivity index (χ0) is 13.5. The first kappa shape index (κ1) is 14.1. The lowest BCUT2D eigenvalue weighted by atomic mass is 10.1. The topological polar surface area (TPSA) is 59.1 Å². The van der Waals surface area contributed by atoms with Crippen molar-refractivity contribution in [2.45, 2.75) is 33.1 Å². The number of nitrogens with zero attached hydrogens (tertiary/aromatic N) is 2. The quantitative estimate of drug-likeness (QED) is 0.791. The molecule has 0 aromatic carbocycles. The maximum absolute atomic E-state index is 5.38. The summed E-state index contributed by atoms with van der Waals surface area (Å²) in [5.74, 6) is 3.31. The van der Waals surface area contributed by atoms with Crippen LogP contribution in [0.25, 0.3) is 0 Å². The third-order valence-electron chi connectivity index (χ3n) is 3.24. The van der Waals surface area contributed by atoms with Crippen molar-refractivity contribution in [2.75, 3.05) is 36.9 Å². The molecule has 1 aromatic rings. The summed E-state index contributed by atoms with van der Waals surface area (Å²) in [6, 6.07) is 1.99. The molecule has 0 spiro atoms. The second-order valence-electron chi connectivity index (χ2n) is 4.95. The van der Waals surface area contributed by atoms with Crippen LogP contribution in [0.3, 0.4) is 0 Å². The lowest BCUT2D eigenvalue weighted by Gasteiger charge is -2.12. The van der Waals surface area contributed by atoms with E-state index in [0.29, 0.717) is 5.92 Å². The summed E-state index contributed by atoms with van der Waals surface area (Å²) in [5, 5.41) is 6.73. The van der Waals surface area contributed by atoms with E-state index in [1.807, 2.05) is 6.07 Å². The van der Waals surface area contributed by atoms with Crippen LogP contribution in [0.15, 0.2) is 6.07 Å². The highest BCUT2D eigenvalue weighted by atomic mass is 16.5. The Bertz CT molecular complexity index is 391. The third-order valence-corrected chi connectivity index (χ3v) is 3.24. The predicted octanol–water partition coefficient (Wildman–Crippen LogP) is 2.31. The van der Waals surface area contributed by atoms with Gasteiger partial charge in [0.25, 0.3) is 0 Å². The minimum absolute atomic E-state index is 0.604. The summed E-state index contributed by atoms with van der Waals surface area (Å²) >= 11 is 0. The lowest BCUT2D eigenvalue weighted by molar-refractivity contribution is 0.187. The van der Waals surface area contributed by atoms with Gasteiger partial charge in [0.1, 0.15) is 17.5 Å². The number of aryl methyl sites for hydroxylation is 1. The molecule has 1 aliphatic rings. The van der Waals surface area contributed by atoms with Crippen LogP contribution < -0.4 is 10.6 Å². The Morgan fingerprint density at radius 2 is 2.05 bits per heavy atom. The Morgan fingerprint density at radius 1 is 1.26 bits per heavy atom. The monoisotopic (exact) mass is 264 g/mol. The summed E-state index contributed by atoms with van der Waals surface area (Å²) < 4.78 is 5.38. The summed E-state index contributed by atoms with van der Waals surface area (Å²) in [6.07, 6.45) is 3.08. The zero-order valence-electron chi connectivity index (χ0n) is 11.9. The van der Waals surface area contributed by atoms with E-state index in [2.05, 4.69) is 34.4 Å². The minimum Gasteiger partial charge on any atom is -0.381 e.